The third-order valence-electron chi connectivity index (χ3n) is 3.33. The minimum Gasteiger partial charge on any atom is -0.333 e. The summed E-state index contributed by atoms with van der Waals surface area (Å²) in [5.41, 5.74) is 8.64. The van der Waals surface area contributed by atoms with Crippen LogP contribution in [0.2, 0.25) is 10.0 Å². The molecule has 0 aliphatic carbocycles. The first kappa shape index (κ1) is 15.4. The Hall–Kier alpha value is -1.03. The van der Waals surface area contributed by atoms with Crippen molar-refractivity contribution in [3.05, 3.63) is 40.3 Å². The van der Waals surface area contributed by atoms with Gasteiger partial charge in [-0.05, 0) is 24.6 Å². The Labute approximate surface area is 129 Å². The molecule has 0 fully saturated rings. The molecular formula is C15H19Cl2N3. The zero-order valence-corrected chi connectivity index (χ0v) is 13.1. The summed E-state index contributed by atoms with van der Waals surface area (Å²) in [5.74, 6) is 0. The molecule has 0 saturated heterocycles. The molecule has 0 spiro atoms. The maximum atomic E-state index is 6.25. The molecule has 2 rings (SSSR count). The number of rotatable bonds is 6. The summed E-state index contributed by atoms with van der Waals surface area (Å²) in [6.07, 6.45) is 5.38. The van der Waals surface area contributed by atoms with E-state index in [0.717, 1.165) is 29.9 Å². The van der Waals surface area contributed by atoms with Crippen molar-refractivity contribution in [2.75, 3.05) is 0 Å². The van der Waals surface area contributed by atoms with Crippen LogP contribution in [0.4, 0.5) is 0 Å². The van der Waals surface area contributed by atoms with Gasteiger partial charge in [-0.2, -0.15) is 0 Å². The highest BCUT2D eigenvalue weighted by Gasteiger charge is 2.14. The van der Waals surface area contributed by atoms with Gasteiger partial charge >= 0.3 is 0 Å². The Morgan fingerprint density at radius 3 is 2.70 bits per heavy atom. The van der Waals surface area contributed by atoms with Gasteiger partial charge in [-0.25, -0.2) is 4.98 Å². The van der Waals surface area contributed by atoms with E-state index >= 15 is 0 Å². The highest BCUT2D eigenvalue weighted by atomic mass is 35.5. The number of halogens is 2. The molecule has 0 radical (unpaired) electrons. The van der Waals surface area contributed by atoms with Crippen LogP contribution in [-0.2, 0) is 13.1 Å². The minimum absolute atomic E-state index is 0.445. The number of nitrogens with zero attached hydrogens (tertiary/aromatic N) is 2. The van der Waals surface area contributed by atoms with Crippen LogP contribution in [0.3, 0.4) is 0 Å². The molecule has 0 aliphatic rings. The summed E-state index contributed by atoms with van der Waals surface area (Å²) in [5, 5.41) is 1.22. The van der Waals surface area contributed by atoms with Gasteiger partial charge in [0, 0.05) is 23.7 Å². The number of benzene rings is 1. The van der Waals surface area contributed by atoms with Crippen LogP contribution in [0.5, 0.6) is 0 Å². The van der Waals surface area contributed by atoms with E-state index < -0.39 is 0 Å². The molecule has 108 valence electrons. The molecule has 5 heteroatoms. The smallest absolute Gasteiger partial charge is 0.0956 e. The highest BCUT2D eigenvalue weighted by molar-refractivity contribution is 6.36. The largest absolute Gasteiger partial charge is 0.333 e. The number of imidazole rings is 1. The van der Waals surface area contributed by atoms with Crippen molar-refractivity contribution in [3.8, 4) is 11.3 Å². The number of nitrogens with two attached hydrogens (primary N) is 1. The second-order valence-electron chi connectivity index (χ2n) is 4.77. The Bertz CT molecular complexity index is 578. The molecule has 1 aromatic heterocycles. The average molecular weight is 312 g/mol. The SMILES string of the molecule is CCCCCn1cnc(-c2ccc(Cl)cc2Cl)c1CN. The van der Waals surface area contributed by atoms with Crippen molar-refractivity contribution in [2.45, 2.75) is 39.3 Å². The molecule has 0 unspecified atom stereocenters. The fraction of sp³-hybridized carbons (Fsp3) is 0.400. The van der Waals surface area contributed by atoms with Gasteiger partial charge in [0.25, 0.3) is 0 Å². The lowest BCUT2D eigenvalue weighted by Gasteiger charge is -2.09. The van der Waals surface area contributed by atoms with E-state index in [1.807, 2.05) is 18.5 Å². The number of hydrogen-bond donors (Lipinski definition) is 1. The van der Waals surface area contributed by atoms with Crippen molar-refractivity contribution in [3.63, 3.8) is 0 Å². The van der Waals surface area contributed by atoms with Gasteiger partial charge < -0.3 is 10.3 Å². The lowest BCUT2D eigenvalue weighted by atomic mass is 10.1. The van der Waals surface area contributed by atoms with Crippen molar-refractivity contribution in [2.24, 2.45) is 5.73 Å². The second-order valence-corrected chi connectivity index (χ2v) is 5.61. The van der Waals surface area contributed by atoms with Gasteiger partial charge in [0.05, 0.1) is 22.7 Å². The second kappa shape index (κ2) is 7.11. The molecule has 2 N–H and O–H groups in total. The number of unbranched alkanes of at least 4 members (excludes halogenated alkanes) is 2. The fourth-order valence-corrected chi connectivity index (χ4v) is 2.75. The standard InChI is InChI=1S/C15H19Cl2N3/c1-2-3-4-7-20-10-19-15(14(20)9-18)12-6-5-11(16)8-13(12)17/h5-6,8,10H,2-4,7,9,18H2,1H3. The first-order chi connectivity index (χ1) is 9.67. The molecule has 0 amide bonds. The zero-order chi connectivity index (χ0) is 14.5. The molecule has 0 atom stereocenters. The van der Waals surface area contributed by atoms with Crippen molar-refractivity contribution < 1.29 is 0 Å². The van der Waals surface area contributed by atoms with E-state index in [2.05, 4.69) is 16.5 Å². The summed E-state index contributed by atoms with van der Waals surface area (Å²) >= 11 is 12.2. The van der Waals surface area contributed by atoms with E-state index in [-0.39, 0.29) is 0 Å². The van der Waals surface area contributed by atoms with Gasteiger partial charge in [0.1, 0.15) is 0 Å². The van der Waals surface area contributed by atoms with Gasteiger partial charge in [-0.1, -0.05) is 43.0 Å². The first-order valence-electron chi connectivity index (χ1n) is 6.86. The van der Waals surface area contributed by atoms with E-state index in [1.165, 1.54) is 12.8 Å². The summed E-state index contributed by atoms with van der Waals surface area (Å²) in [4.78, 5) is 4.48. The Morgan fingerprint density at radius 1 is 1.25 bits per heavy atom. The third kappa shape index (κ3) is 3.35. The summed E-state index contributed by atoms with van der Waals surface area (Å²) in [6.45, 7) is 3.58. The molecule has 1 heterocycles. The van der Waals surface area contributed by atoms with Crippen molar-refractivity contribution in [1.29, 1.82) is 0 Å². The predicted octanol–water partition coefficient (Wildman–Crippen LogP) is 4.51. The first-order valence-corrected chi connectivity index (χ1v) is 7.62. The highest BCUT2D eigenvalue weighted by Crippen LogP contribution is 2.31. The molecule has 0 saturated carbocycles. The molecule has 1 aromatic carbocycles. The van der Waals surface area contributed by atoms with E-state index in [9.17, 15) is 0 Å². The topological polar surface area (TPSA) is 43.8 Å². The predicted molar refractivity (Wildman–Crippen MR) is 85.1 cm³/mol. The Morgan fingerprint density at radius 2 is 2.05 bits per heavy atom. The van der Waals surface area contributed by atoms with Crippen molar-refractivity contribution in [1.82, 2.24) is 9.55 Å². The van der Waals surface area contributed by atoms with Gasteiger partial charge in [-0.3, -0.25) is 0 Å². The molecule has 2 aromatic rings. The van der Waals surface area contributed by atoms with E-state index in [0.29, 0.717) is 16.6 Å². The molecule has 20 heavy (non-hydrogen) atoms. The molecular weight excluding hydrogens is 293 g/mol. The lowest BCUT2D eigenvalue weighted by Crippen LogP contribution is -2.08. The van der Waals surface area contributed by atoms with E-state index in [4.69, 9.17) is 28.9 Å². The molecule has 3 nitrogen and oxygen atoms in total. The van der Waals surface area contributed by atoms with Gasteiger partial charge in [0.15, 0.2) is 0 Å². The van der Waals surface area contributed by atoms with Crippen LogP contribution in [-0.4, -0.2) is 9.55 Å². The van der Waals surface area contributed by atoms with Crippen LogP contribution in [0.15, 0.2) is 24.5 Å². The normalized spacial score (nSPS) is 11.0. The Kier molecular flexibility index (Phi) is 5.46. The molecule has 0 bridgehead atoms. The Balaban J connectivity index is 2.32. The van der Waals surface area contributed by atoms with Gasteiger partial charge in [-0.15, -0.1) is 0 Å². The quantitative estimate of drug-likeness (QED) is 0.798. The number of hydrogen-bond acceptors (Lipinski definition) is 2. The maximum absolute atomic E-state index is 6.25. The van der Waals surface area contributed by atoms with Crippen molar-refractivity contribution >= 4 is 23.2 Å². The lowest BCUT2D eigenvalue weighted by molar-refractivity contribution is 0.585. The van der Waals surface area contributed by atoms with Crippen LogP contribution in [0.1, 0.15) is 31.9 Å². The fourth-order valence-electron chi connectivity index (χ4n) is 2.25. The maximum Gasteiger partial charge on any atom is 0.0956 e. The number of aromatic nitrogens is 2. The summed E-state index contributed by atoms with van der Waals surface area (Å²) in [6, 6.07) is 5.44. The van der Waals surface area contributed by atoms with Crippen LogP contribution in [0.25, 0.3) is 11.3 Å². The van der Waals surface area contributed by atoms with Crippen LogP contribution in [0, 0.1) is 0 Å². The zero-order valence-electron chi connectivity index (χ0n) is 11.6. The van der Waals surface area contributed by atoms with Crippen LogP contribution >= 0.6 is 23.2 Å². The van der Waals surface area contributed by atoms with Gasteiger partial charge in [0.2, 0.25) is 0 Å². The van der Waals surface area contributed by atoms with Crippen LogP contribution < -0.4 is 5.73 Å². The monoisotopic (exact) mass is 311 g/mol. The third-order valence-corrected chi connectivity index (χ3v) is 3.88. The number of aryl methyl sites for hydroxylation is 1. The summed E-state index contributed by atoms with van der Waals surface area (Å²) < 4.78 is 2.12. The summed E-state index contributed by atoms with van der Waals surface area (Å²) in [7, 11) is 0. The molecule has 0 aliphatic heterocycles. The van der Waals surface area contributed by atoms with E-state index in [1.54, 1.807) is 6.07 Å². The average Bonchev–Trinajstić information content (AvgIpc) is 2.82. The minimum atomic E-state index is 0.445.